The molecular formula is C15H18Br2N2O. The molecule has 1 heterocycles. The van der Waals surface area contributed by atoms with Crippen LogP contribution in [0.15, 0.2) is 33.2 Å². The number of hydrogen-bond donors (Lipinski definition) is 1. The average Bonchev–Trinajstić information content (AvgIpc) is 2.70. The number of nitrogens with zero attached hydrogens (tertiary/aromatic N) is 1. The molecule has 0 radical (unpaired) electrons. The molecule has 0 aliphatic heterocycles. The van der Waals surface area contributed by atoms with E-state index in [-0.39, 0.29) is 0 Å². The van der Waals surface area contributed by atoms with Crippen molar-refractivity contribution >= 4 is 31.9 Å². The molecule has 2 aromatic rings. The zero-order valence-electron chi connectivity index (χ0n) is 11.8. The third kappa shape index (κ3) is 3.38. The van der Waals surface area contributed by atoms with Crippen LogP contribution in [-0.2, 0) is 6.54 Å². The number of rotatable bonds is 5. The second-order valence-electron chi connectivity index (χ2n) is 4.60. The highest BCUT2D eigenvalue weighted by Gasteiger charge is 2.10. The smallest absolute Gasteiger partial charge is 0.138 e. The number of nitrogens with one attached hydrogen (secondary N) is 1. The van der Waals surface area contributed by atoms with E-state index in [0.717, 1.165) is 20.3 Å². The highest BCUT2D eigenvalue weighted by atomic mass is 79.9. The van der Waals surface area contributed by atoms with Crippen molar-refractivity contribution in [3.05, 3.63) is 50.2 Å². The van der Waals surface area contributed by atoms with Gasteiger partial charge in [-0.05, 0) is 61.0 Å². The first-order chi connectivity index (χ1) is 9.52. The van der Waals surface area contributed by atoms with E-state index in [1.807, 2.05) is 13.0 Å². The van der Waals surface area contributed by atoms with Crippen LogP contribution in [0.1, 0.15) is 23.9 Å². The van der Waals surface area contributed by atoms with Crippen molar-refractivity contribution in [3.8, 4) is 5.75 Å². The van der Waals surface area contributed by atoms with E-state index in [9.17, 15) is 0 Å². The quantitative estimate of drug-likeness (QED) is 0.780. The summed E-state index contributed by atoms with van der Waals surface area (Å²) in [5.41, 5.74) is 6.92. The van der Waals surface area contributed by atoms with E-state index in [1.54, 1.807) is 0 Å². The summed E-state index contributed by atoms with van der Waals surface area (Å²) >= 11 is 7.08. The normalized spacial score (nSPS) is 10.7. The van der Waals surface area contributed by atoms with Crippen molar-refractivity contribution in [2.45, 2.75) is 27.3 Å². The molecule has 5 heteroatoms. The molecule has 0 bridgehead atoms. The summed E-state index contributed by atoms with van der Waals surface area (Å²) in [7, 11) is 0. The van der Waals surface area contributed by atoms with Crippen LogP contribution in [0.4, 0.5) is 0 Å². The number of benzene rings is 1. The second-order valence-corrected chi connectivity index (χ2v) is 6.37. The molecule has 20 heavy (non-hydrogen) atoms. The third-order valence-corrected chi connectivity index (χ3v) is 4.12. The van der Waals surface area contributed by atoms with E-state index in [4.69, 9.17) is 4.74 Å². The molecule has 3 nitrogen and oxygen atoms in total. The fourth-order valence-corrected chi connectivity index (χ4v) is 3.56. The summed E-state index contributed by atoms with van der Waals surface area (Å²) in [5.74, 6) is 0.894. The summed E-state index contributed by atoms with van der Waals surface area (Å²) < 4.78 is 9.82. The van der Waals surface area contributed by atoms with Crippen LogP contribution < -0.4 is 10.2 Å². The molecule has 2 rings (SSSR count). The van der Waals surface area contributed by atoms with Gasteiger partial charge in [0.2, 0.25) is 0 Å². The molecule has 0 fully saturated rings. The predicted molar refractivity (Wildman–Crippen MR) is 90.0 cm³/mol. The van der Waals surface area contributed by atoms with Gasteiger partial charge in [-0.25, -0.2) is 0 Å². The van der Waals surface area contributed by atoms with E-state index in [2.05, 4.69) is 74.0 Å². The maximum atomic E-state index is 5.74. The summed E-state index contributed by atoms with van der Waals surface area (Å²) in [5, 5.41) is 0. The predicted octanol–water partition coefficient (Wildman–Crippen LogP) is 4.77. The highest BCUT2D eigenvalue weighted by Crippen LogP contribution is 2.33. The monoisotopic (exact) mass is 400 g/mol. The van der Waals surface area contributed by atoms with Gasteiger partial charge in [-0.1, -0.05) is 15.9 Å². The molecule has 0 amide bonds. The largest absolute Gasteiger partial charge is 0.492 e. The highest BCUT2D eigenvalue weighted by molar-refractivity contribution is 9.11. The van der Waals surface area contributed by atoms with Gasteiger partial charge in [0.25, 0.3) is 0 Å². The SMILES string of the molecule is CCOc1c(Br)cc(Br)cc1CNn1c(C)ccc1C. The Morgan fingerprint density at radius 3 is 2.40 bits per heavy atom. The molecule has 1 aromatic carbocycles. The number of hydrogen-bond acceptors (Lipinski definition) is 2. The number of aromatic nitrogens is 1. The number of ether oxygens (including phenoxy) is 1. The Hall–Kier alpha value is -0.940. The van der Waals surface area contributed by atoms with E-state index >= 15 is 0 Å². The third-order valence-electron chi connectivity index (χ3n) is 3.07. The van der Waals surface area contributed by atoms with E-state index < -0.39 is 0 Å². The van der Waals surface area contributed by atoms with Gasteiger partial charge in [0.1, 0.15) is 5.75 Å². The Labute approximate surface area is 136 Å². The molecule has 0 spiro atoms. The van der Waals surface area contributed by atoms with Crippen LogP contribution >= 0.6 is 31.9 Å². The van der Waals surface area contributed by atoms with E-state index in [0.29, 0.717) is 13.2 Å². The number of aryl methyl sites for hydroxylation is 2. The molecule has 0 saturated heterocycles. The maximum Gasteiger partial charge on any atom is 0.138 e. The van der Waals surface area contributed by atoms with Gasteiger partial charge >= 0.3 is 0 Å². The summed E-state index contributed by atoms with van der Waals surface area (Å²) in [4.78, 5) is 0. The van der Waals surface area contributed by atoms with Crippen molar-refractivity contribution in [2.24, 2.45) is 0 Å². The first-order valence-corrected chi connectivity index (χ1v) is 8.11. The van der Waals surface area contributed by atoms with Crippen LogP contribution in [0.25, 0.3) is 0 Å². The van der Waals surface area contributed by atoms with Crippen LogP contribution in [-0.4, -0.2) is 11.3 Å². The van der Waals surface area contributed by atoms with Crippen LogP contribution in [0.5, 0.6) is 5.75 Å². The molecule has 0 aliphatic carbocycles. The van der Waals surface area contributed by atoms with Crippen molar-refractivity contribution in [1.29, 1.82) is 0 Å². The number of halogens is 2. The van der Waals surface area contributed by atoms with Crippen LogP contribution in [0, 0.1) is 13.8 Å². The lowest BCUT2D eigenvalue weighted by Crippen LogP contribution is -2.17. The zero-order chi connectivity index (χ0) is 14.7. The molecule has 1 aromatic heterocycles. The van der Waals surface area contributed by atoms with Gasteiger partial charge in [-0.15, -0.1) is 0 Å². The van der Waals surface area contributed by atoms with Gasteiger partial charge < -0.3 is 10.2 Å². The van der Waals surface area contributed by atoms with Gasteiger partial charge in [-0.3, -0.25) is 4.68 Å². The lowest BCUT2D eigenvalue weighted by atomic mass is 10.2. The Kier molecular flexibility index (Phi) is 5.16. The van der Waals surface area contributed by atoms with Crippen LogP contribution in [0.3, 0.4) is 0 Å². The lowest BCUT2D eigenvalue weighted by Gasteiger charge is -2.16. The first-order valence-electron chi connectivity index (χ1n) is 6.52. The van der Waals surface area contributed by atoms with Crippen molar-refractivity contribution in [2.75, 3.05) is 12.0 Å². The standard InChI is InChI=1S/C15H18Br2N2O/c1-4-20-15-12(7-13(16)8-14(15)17)9-18-19-10(2)5-6-11(19)3/h5-8,18H,4,9H2,1-3H3. The maximum absolute atomic E-state index is 5.74. The molecule has 108 valence electrons. The molecular weight excluding hydrogens is 384 g/mol. The van der Waals surface area contributed by atoms with Crippen molar-refractivity contribution < 1.29 is 4.74 Å². The molecule has 0 aliphatic rings. The van der Waals surface area contributed by atoms with Crippen molar-refractivity contribution in [1.82, 2.24) is 4.68 Å². The molecule has 1 N–H and O–H groups in total. The fraction of sp³-hybridized carbons (Fsp3) is 0.333. The van der Waals surface area contributed by atoms with Gasteiger partial charge in [0, 0.05) is 21.4 Å². The topological polar surface area (TPSA) is 26.2 Å². The Morgan fingerprint density at radius 2 is 1.80 bits per heavy atom. The van der Waals surface area contributed by atoms with Gasteiger partial charge in [0.15, 0.2) is 0 Å². The average molecular weight is 402 g/mol. The van der Waals surface area contributed by atoms with Crippen molar-refractivity contribution in [3.63, 3.8) is 0 Å². The Bertz CT molecular complexity index is 589. The Balaban J connectivity index is 2.24. The van der Waals surface area contributed by atoms with E-state index in [1.165, 1.54) is 11.4 Å². The second kappa shape index (κ2) is 6.68. The van der Waals surface area contributed by atoms with Gasteiger partial charge in [-0.2, -0.15) is 0 Å². The molecule has 0 atom stereocenters. The zero-order valence-corrected chi connectivity index (χ0v) is 15.0. The minimum atomic E-state index is 0.648. The van der Waals surface area contributed by atoms with Crippen LogP contribution in [0.2, 0.25) is 0 Å². The Morgan fingerprint density at radius 1 is 1.15 bits per heavy atom. The first kappa shape index (κ1) is 15.4. The van der Waals surface area contributed by atoms with Gasteiger partial charge in [0.05, 0.1) is 17.6 Å². The fourth-order valence-electron chi connectivity index (χ4n) is 2.13. The summed E-state index contributed by atoms with van der Waals surface area (Å²) in [6.07, 6.45) is 0. The lowest BCUT2D eigenvalue weighted by molar-refractivity contribution is 0.334. The minimum Gasteiger partial charge on any atom is -0.492 e. The molecule has 0 saturated carbocycles. The molecule has 0 unspecified atom stereocenters. The minimum absolute atomic E-state index is 0.648. The summed E-state index contributed by atoms with van der Waals surface area (Å²) in [6.45, 7) is 7.50. The summed E-state index contributed by atoms with van der Waals surface area (Å²) in [6, 6.07) is 8.28.